The van der Waals surface area contributed by atoms with Crippen LogP contribution in [0.1, 0.15) is 18.1 Å². The van der Waals surface area contributed by atoms with Crippen molar-refractivity contribution in [1.29, 1.82) is 0 Å². The summed E-state index contributed by atoms with van der Waals surface area (Å²) in [5, 5.41) is 0. The zero-order valence-electron chi connectivity index (χ0n) is 13.1. The minimum Gasteiger partial charge on any atom is -0.421 e. The van der Waals surface area contributed by atoms with E-state index in [1.54, 1.807) is 0 Å². The topological polar surface area (TPSA) is 86.3 Å². The molecular weight excluding hydrogens is 402 g/mol. The number of hydrogen-bond donors (Lipinski definition) is 0. The molecular formula is C11H14F6N2O4S2. The van der Waals surface area contributed by atoms with Crippen molar-refractivity contribution in [2.75, 3.05) is 0 Å². The Morgan fingerprint density at radius 1 is 0.920 bits per heavy atom. The van der Waals surface area contributed by atoms with Gasteiger partial charge in [0.25, 0.3) is 0 Å². The molecule has 0 N–H and O–H groups in total. The van der Waals surface area contributed by atoms with Crippen molar-refractivity contribution in [3.05, 3.63) is 33.7 Å². The van der Waals surface area contributed by atoms with Gasteiger partial charge in [0.05, 0.1) is 0 Å². The van der Waals surface area contributed by atoms with E-state index in [-0.39, 0.29) is 0 Å². The molecule has 0 radical (unpaired) electrons. The van der Waals surface area contributed by atoms with Crippen molar-refractivity contribution in [2.24, 2.45) is 0 Å². The van der Waals surface area contributed by atoms with E-state index < -0.39 is 31.1 Å². The van der Waals surface area contributed by atoms with Gasteiger partial charge in [-0.15, -0.1) is 0 Å². The van der Waals surface area contributed by atoms with Gasteiger partial charge in [0.15, 0.2) is 32.4 Å². The van der Waals surface area contributed by atoms with Crippen LogP contribution in [-0.2, 0) is 26.6 Å². The maximum atomic E-state index is 11.4. The molecule has 0 aliphatic carbocycles. The average molecular weight is 416 g/mol. The van der Waals surface area contributed by atoms with Gasteiger partial charge in [-0.3, -0.25) is 0 Å². The van der Waals surface area contributed by atoms with Gasteiger partial charge in [-0.1, -0.05) is 0 Å². The molecule has 0 unspecified atom stereocenters. The van der Waals surface area contributed by atoms with Crippen LogP contribution >= 0.6 is 0 Å². The molecule has 0 atom stereocenters. The van der Waals surface area contributed by atoms with Crippen LogP contribution in [0.25, 0.3) is 4.13 Å². The number of aromatic nitrogens is 1. The maximum absolute atomic E-state index is 11.4. The standard InChI is InChI=1S/C9H14N.C2F6NO4S2/c1-4-10-6-5-8(2)9(3)7-10;3-1(4,5)14(10,11)9-15(12,13)2(6,7)8/h5-7H,4H2,1-3H3;/q+1;-1. The average Bonchev–Trinajstić information content (AvgIpc) is 2.39. The second kappa shape index (κ2) is 7.86. The summed E-state index contributed by atoms with van der Waals surface area (Å²) in [5.41, 5.74) is -9.68. The Kier molecular flexibility index (Phi) is 7.42. The molecule has 1 rings (SSSR count). The fourth-order valence-corrected chi connectivity index (χ4v) is 2.85. The van der Waals surface area contributed by atoms with Gasteiger partial charge in [-0.05, 0) is 26.3 Å². The van der Waals surface area contributed by atoms with Crippen molar-refractivity contribution in [3.8, 4) is 0 Å². The van der Waals surface area contributed by atoms with Gasteiger partial charge in [0, 0.05) is 11.6 Å². The van der Waals surface area contributed by atoms with Crippen LogP contribution in [0.2, 0.25) is 0 Å². The Balaban J connectivity index is 0.000000496. The van der Waals surface area contributed by atoms with E-state index in [0.29, 0.717) is 0 Å². The smallest absolute Gasteiger partial charge is 0.421 e. The minimum absolute atomic E-state index is 0.778. The van der Waals surface area contributed by atoms with Crippen LogP contribution in [0.5, 0.6) is 0 Å². The molecule has 0 aliphatic rings. The van der Waals surface area contributed by atoms with Gasteiger partial charge >= 0.3 is 11.0 Å². The Hall–Kier alpha value is -1.41. The van der Waals surface area contributed by atoms with E-state index in [4.69, 9.17) is 0 Å². The molecule has 1 aromatic heterocycles. The quantitative estimate of drug-likeness (QED) is 0.560. The number of aryl methyl sites for hydroxylation is 3. The largest absolute Gasteiger partial charge is 0.480 e. The Morgan fingerprint density at radius 2 is 1.32 bits per heavy atom. The number of halogens is 6. The van der Waals surface area contributed by atoms with Crippen molar-refractivity contribution in [2.45, 2.75) is 38.3 Å². The zero-order valence-corrected chi connectivity index (χ0v) is 14.7. The van der Waals surface area contributed by atoms with E-state index in [0.717, 1.165) is 10.7 Å². The first-order chi connectivity index (χ1) is 10.9. The van der Waals surface area contributed by atoms with E-state index in [9.17, 15) is 43.2 Å². The molecule has 0 saturated heterocycles. The summed E-state index contributed by atoms with van der Waals surface area (Å²) in [6.07, 6.45) is 4.29. The highest BCUT2D eigenvalue weighted by Crippen LogP contribution is 2.36. The van der Waals surface area contributed by atoms with E-state index in [1.165, 1.54) is 11.1 Å². The predicted octanol–water partition coefficient (Wildman–Crippen LogP) is 2.67. The number of rotatable bonds is 3. The lowest BCUT2D eigenvalue weighted by Crippen LogP contribution is -2.31. The maximum Gasteiger partial charge on any atom is 0.480 e. The summed E-state index contributed by atoms with van der Waals surface area (Å²) < 4.78 is 111. The van der Waals surface area contributed by atoms with E-state index in [2.05, 4.69) is 43.8 Å². The van der Waals surface area contributed by atoms with Crippen molar-refractivity contribution < 1.29 is 47.7 Å². The summed E-state index contributed by atoms with van der Waals surface area (Å²) in [5.74, 6) is 0. The van der Waals surface area contributed by atoms with Crippen LogP contribution in [0.4, 0.5) is 26.3 Å². The number of pyridine rings is 1. The first kappa shape index (κ1) is 23.6. The second-order valence-electron chi connectivity index (χ2n) is 4.56. The molecule has 6 nitrogen and oxygen atoms in total. The van der Waals surface area contributed by atoms with Gasteiger partial charge < -0.3 is 4.13 Å². The van der Waals surface area contributed by atoms with E-state index >= 15 is 0 Å². The Bertz CT molecular complexity index is 759. The summed E-state index contributed by atoms with van der Waals surface area (Å²) in [6, 6.07) is 2.15. The van der Waals surface area contributed by atoms with Crippen LogP contribution in [-0.4, -0.2) is 27.9 Å². The fraction of sp³-hybridized carbons (Fsp3) is 0.545. The third-order valence-electron chi connectivity index (χ3n) is 2.64. The SMILES string of the molecule is CC[n+]1ccc(C)c(C)c1.O=S(=O)([N-]S(=O)(=O)C(F)(F)F)C(F)(F)F. The molecule has 0 amide bonds. The first-order valence-corrected chi connectivity index (χ1v) is 9.15. The number of alkyl halides is 6. The highest BCUT2D eigenvalue weighted by molar-refractivity contribution is 8.13. The third kappa shape index (κ3) is 6.78. The molecule has 1 aromatic rings. The van der Waals surface area contributed by atoms with Crippen molar-refractivity contribution in [3.63, 3.8) is 0 Å². The Labute approximate surface area is 140 Å². The second-order valence-corrected chi connectivity index (χ2v) is 7.98. The van der Waals surface area contributed by atoms with Crippen LogP contribution in [0.3, 0.4) is 0 Å². The van der Waals surface area contributed by atoms with Crippen molar-refractivity contribution >= 4 is 20.0 Å². The number of sulfonamides is 2. The van der Waals surface area contributed by atoms with E-state index in [1.807, 2.05) is 0 Å². The predicted molar refractivity (Wildman–Crippen MR) is 75.1 cm³/mol. The molecule has 0 bridgehead atoms. The zero-order chi connectivity index (χ0) is 20.3. The van der Waals surface area contributed by atoms with Crippen molar-refractivity contribution in [1.82, 2.24) is 0 Å². The van der Waals surface area contributed by atoms with Gasteiger partial charge in [-0.25, -0.2) is 21.4 Å². The van der Waals surface area contributed by atoms with Gasteiger partial charge in [0.1, 0.15) is 6.54 Å². The molecule has 0 aliphatic heterocycles. The lowest BCUT2D eigenvalue weighted by molar-refractivity contribution is -0.693. The normalized spacial score (nSPS) is 13.2. The summed E-state index contributed by atoms with van der Waals surface area (Å²) in [7, 11) is -13.4. The lowest BCUT2D eigenvalue weighted by atomic mass is 10.2. The molecule has 0 aromatic carbocycles. The van der Waals surface area contributed by atoms with Crippen LogP contribution in [0.15, 0.2) is 18.5 Å². The monoisotopic (exact) mass is 416 g/mol. The van der Waals surface area contributed by atoms with Gasteiger partial charge in [-0.2, -0.15) is 26.3 Å². The molecule has 146 valence electrons. The highest BCUT2D eigenvalue weighted by atomic mass is 32.3. The lowest BCUT2D eigenvalue weighted by Gasteiger charge is -2.22. The fourth-order valence-electron chi connectivity index (χ4n) is 1.14. The summed E-state index contributed by atoms with van der Waals surface area (Å²) in [4.78, 5) is 0. The summed E-state index contributed by atoms with van der Waals surface area (Å²) >= 11 is 0. The minimum atomic E-state index is -6.72. The number of hydrogen-bond acceptors (Lipinski definition) is 4. The molecule has 0 saturated carbocycles. The van der Waals surface area contributed by atoms with Crippen LogP contribution < -0.4 is 4.57 Å². The molecule has 25 heavy (non-hydrogen) atoms. The Morgan fingerprint density at radius 3 is 1.60 bits per heavy atom. The third-order valence-corrected chi connectivity index (χ3v) is 5.38. The number of nitrogens with zero attached hydrogens (tertiary/aromatic N) is 2. The molecule has 1 heterocycles. The molecule has 0 spiro atoms. The summed E-state index contributed by atoms with van der Waals surface area (Å²) in [6.45, 7) is 7.48. The van der Waals surface area contributed by atoms with Crippen LogP contribution in [0, 0.1) is 13.8 Å². The molecule has 14 heteroatoms. The molecule has 0 fully saturated rings. The van der Waals surface area contributed by atoms with Gasteiger partial charge in [0.2, 0.25) is 0 Å². The first-order valence-electron chi connectivity index (χ1n) is 6.27. The highest BCUT2D eigenvalue weighted by Gasteiger charge is 2.46.